The van der Waals surface area contributed by atoms with Crippen LogP contribution in [-0.2, 0) is 19.1 Å². The second kappa shape index (κ2) is 3.99. The number of morpholine rings is 1. The molecule has 1 fully saturated rings. The van der Waals surface area contributed by atoms with E-state index >= 15 is 0 Å². The Morgan fingerprint density at radius 1 is 1.38 bits per heavy atom. The first-order valence-corrected chi connectivity index (χ1v) is 3.74. The van der Waals surface area contributed by atoms with Gasteiger partial charge in [-0.05, 0) is 0 Å². The smallest absolute Gasteiger partial charge is 0.305 e. The number of aliphatic carboxylic acids is 1. The maximum Gasteiger partial charge on any atom is 0.305 e. The molecule has 2 amide bonds. The van der Waals surface area contributed by atoms with Crippen LogP contribution in [0.3, 0.4) is 0 Å². The molecule has 0 spiro atoms. The first-order chi connectivity index (χ1) is 6.11. The monoisotopic (exact) mass is 187 g/mol. The minimum Gasteiger partial charge on any atom is -0.481 e. The number of carbonyl (C=O) groups excluding carboxylic acids is 2. The van der Waals surface area contributed by atoms with E-state index in [-0.39, 0.29) is 26.2 Å². The van der Waals surface area contributed by atoms with Gasteiger partial charge in [-0.1, -0.05) is 0 Å². The van der Waals surface area contributed by atoms with Crippen LogP contribution in [0.25, 0.3) is 0 Å². The minimum absolute atomic E-state index is 0.0731. The van der Waals surface area contributed by atoms with E-state index in [2.05, 4.69) is 4.74 Å². The number of imide groups is 1. The lowest BCUT2D eigenvalue weighted by Gasteiger charge is -2.23. The van der Waals surface area contributed by atoms with Crippen LogP contribution in [0.15, 0.2) is 0 Å². The molecule has 1 heterocycles. The lowest BCUT2D eigenvalue weighted by molar-refractivity contribution is -0.158. The van der Waals surface area contributed by atoms with Crippen molar-refractivity contribution >= 4 is 17.8 Å². The van der Waals surface area contributed by atoms with E-state index in [4.69, 9.17) is 5.11 Å². The molecule has 6 nitrogen and oxygen atoms in total. The average Bonchev–Trinajstić information content (AvgIpc) is 2.03. The molecule has 0 aromatic heterocycles. The molecule has 0 atom stereocenters. The van der Waals surface area contributed by atoms with Crippen LogP contribution in [0.5, 0.6) is 0 Å². The number of hydrogen-bond donors (Lipinski definition) is 1. The van der Waals surface area contributed by atoms with Crippen LogP contribution < -0.4 is 0 Å². The molecule has 0 unspecified atom stereocenters. The number of carbonyl (C=O) groups is 3. The number of carboxylic acids is 1. The maximum absolute atomic E-state index is 11.0. The van der Waals surface area contributed by atoms with Crippen LogP contribution in [-0.4, -0.2) is 47.5 Å². The summed E-state index contributed by atoms with van der Waals surface area (Å²) in [5.41, 5.74) is 0. The molecule has 1 aliphatic heterocycles. The Morgan fingerprint density at radius 3 is 2.38 bits per heavy atom. The van der Waals surface area contributed by atoms with Crippen LogP contribution >= 0.6 is 0 Å². The Bertz CT molecular complexity index is 233. The second-order valence-electron chi connectivity index (χ2n) is 2.58. The number of rotatable bonds is 3. The first-order valence-electron chi connectivity index (χ1n) is 3.74. The van der Waals surface area contributed by atoms with Gasteiger partial charge in [-0.15, -0.1) is 0 Å². The third-order valence-electron chi connectivity index (χ3n) is 1.60. The normalized spacial score (nSPS) is 17.7. The molecule has 6 heteroatoms. The molecule has 0 aromatic rings. The standard InChI is InChI=1S/C7H9NO5/c9-5-3-13-4-6(10)8(5)2-1-7(11)12/h1-4H2,(H,11,12). The summed E-state index contributed by atoms with van der Waals surface area (Å²) >= 11 is 0. The molecule has 1 N–H and O–H groups in total. The highest BCUT2D eigenvalue weighted by molar-refractivity contribution is 5.98. The van der Waals surface area contributed by atoms with Crippen LogP contribution in [0, 0.1) is 0 Å². The number of amides is 2. The predicted octanol–water partition coefficient (Wildman–Crippen LogP) is -1.15. The molecule has 72 valence electrons. The summed E-state index contributed by atoms with van der Waals surface area (Å²) in [4.78, 5) is 33.1. The molecular weight excluding hydrogens is 178 g/mol. The van der Waals surface area contributed by atoms with Gasteiger partial charge in [0.15, 0.2) is 0 Å². The lowest BCUT2D eigenvalue weighted by atomic mass is 10.3. The molecular formula is C7H9NO5. The van der Waals surface area contributed by atoms with Crippen molar-refractivity contribution in [3.8, 4) is 0 Å². The van der Waals surface area contributed by atoms with E-state index in [1.165, 1.54) is 0 Å². The van der Waals surface area contributed by atoms with Crippen molar-refractivity contribution in [2.45, 2.75) is 6.42 Å². The zero-order chi connectivity index (χ0) is 9.84. The van der Waals surface area contributed by atoms with Gasteiger partial charge in [0.05, 0.1) is 6.42 Å². The van der Waals surface area contributed by atoms with Gasteiger partial charge in [0, 0.05) is 6.54 Å². The Balaban J connectivity index is 2.49. The fourth-order valence-electron chi connectivity index (χ4n) is 0.977. The number of ether oxygens (including phenoxy) is 1. The Labute approximate surface area is 74.1 Å². The van der Waals surface area contributed by atoms with Gasteiger partial charge in [0.2, 0.25) is 0 Å². The molecule has 1 rings (SSSR count). The van der Waals surface area contributed by atoms with Gasteiger partial charge in [-0.3, -0.25) is 19.3 Å². The summed E-state index contributed by atoms with van der Waals surface area (Å²) in [6.45, 7) is -0.368. The quantitative estimate of drug-likeness (QED) is 0.564. The molecule has 13 heavy (non-hydrogen) atoms. The molecule has 0 aromatic carbocycles. The largest absolute Gasteiger partial charge is 0.481 e. The Kier molecular flexibility index (Phi) is 2.97. The van der Waals surface area contributed by atoms with Crippen LogP contribution in [0.4, 0.5) is 0 Å². The molecule has 0 saturated carbocycles. The second-order valence-corrected chi connectivity index (χ2v) is 2.58. The topological polar surface area (TPSA) is 83.9 Å². The van der Waals surface area contributed by atoms with Crippen molar-refractivity contribution in [2.24, 2.45) is 0 Å². The number of hydrogen-bond acceptors (Lipinski definition) is 4. The fraction of sp³-hybridized carbons (Fsp3) is 0.571. The molecule has 0 bridgehead atoms. The first kappa shape index (κ1) is 9.66. The van der Waals surface area contributed by atoms with E-state index in [1.807, 2.05) is 0 Å². The summed E-state index contributed by atoms with van der Waals surface area (Å²) < 4.78 is 4.64. The summed E-state index contributed by atoms with van der Waals surface area (Å²) in [6.07, 6.45) is -0.225. The zero-order valence-electron chi connectivity index (χ0n) is 6.86. The third kappa shape index (κ3) is 2.51. The number of nitrogens with zero attached hydrogens (tertiary/aromatic N) is 1. The SMILES string of the molecule is O=C(O)CCN1C(=O)COCC1=O. The summed E-state index contributed by atoms with van der Waals surface area (Å²) in [7, 11) is 0. The van der Waals surface area contributed by atoms with Crippen LogP contribution in [0.1, 0.15) is 6.42 Å². The molecule has 0 aliphatic carbocycles. The van der Waals surface area contributed by atoms with Gasteiger partial charge in [-0.2, -0.15) is 0 Å². The third-order valence-corrected chi connectivity index (χ3v) is 1.60. The van der Waals surface area contributed by atoms with Crippen molar-refractivity contribution in [1.82, 2.24) is 4.90 Å². The summed E-state index contributed by atoms with van der Waals surface area (Å²) in [5.74, 6) is -1.98. The van der Waals surface area contributed by atoms with Crippen molar-refractivity contribution < 1.29 is 24.2 Å². The van der Waals surface area contributed by atoms with Crippen LogP contribution in [0.2, 0.25) is 0 Å². The van der Waals surface area contributed by atoms with Gasteiger partial charge in [0.25, 0.3) is 11.8 Å². The van der Waals surface area contributed by atoms with E-state index in [0.29, 0.717) is 0 Å². The van der Waals surface area contributed by atoms with Gasteiger partial charge < -0.3 is 9.84 Å². The highest BCUT2D eigenvalue weighted by Gasteiger charge is 2.26. The van der Waals surface area contributed by atoms with Gasteiger partial charge in [-0.25, -0.2) is 0 Å². The maximum atomic E-state index is 11.0. The van der Waals surface area contributed by atoms with Crippen molar-refractivity contribution in [3.63, 3.8) is 0 Å². The summed E-state index contributed by atoms with van der Waals surface area (Å²) in [5, 5.41) is 8.34. The fourth-order valence-corrected chi connectivity index (χ4v) is 0.977. The summed E-state index contributed by atoms with van der Waals surface area (Å²) in [6, 6.07) is 0. The molecule has 1 aliphatic rings. The zero-order valence-corrected chi connectivity index (χ0v) is 6.86. The Morgan fingerprint density at radius 2 is 1.92 bits per heavy atom. The van der Waals surface area contributed by atoms with Gasteiger partial charge in [0.1, 0.15) is 13.2 Å². The van der Waals surface area contributed by atoms with Crippen molar-refractivity contribution in [2.75, 3.05) is 19.8 Å². The molecule has 1 saturated heterocycles. The highest BCUT2D eigenvalue weighted by Crippen LogP contribution is 2.01. The highest BCUT2D eigenvalue weighted by atomic mass is 16.5. The van der Waals surface area contributed by atoms with Crippen molar-refractivity contribution in [3.05, 3.63) is 0 Å². The van der Waals surface area contributed by atoms with E-state index in [0.717, 1.165) is 4.90 Å². The minimum atomic E-state index is -1.04. The lowest BCUT2D eigenvalue weighted by Crippen LogP contribution is -2.46. The molecule has 0 radical (unpaired) electrons. The Hall–Kier alpha value is -1.43. The predicted molar refractivity (Wildman–Crippen MR) is 39.8 cm³/mol. The van der Waals surface area contributed by atoms with Crippen molar-refractivity contribution in [1.29, 1.82) is 0 Å². The van der Waals surface area contributed by atoms with E-state index in [1.54, 1.807) is 0 Å². The van der Waals surface area contributed by atoms with E-state index < -0.39 is 17.8 Å². The number of carboxylic acid groups (broad SMARTS) is 1. The van der Waals surface area contributed by atoms with Gasteiger partial charge >= 0.3 is 5.97 Å². The average molecular weight is 187 g/mol. The van der Waals surface area contributed by atoms with E-state index in [9.17, 15) is 14.4 Å².